The summed E-state index contributed by atoms with van der Waals surface area (Å²) >= 11 is 0. The quantitative estimate of drug-likeness (QED) is 0.119. The minimum absolute atomic E-state index is 1.23. The first-order valence-electron chi connectivity index (χ1n) is 27.1. The summed E-state index contributed by atoms with van der Waals surface area (Å²) in [6, 6.07) is 107. The molecule has 0 unspecified atom stereocenters. The molecule has 0 heterocycles. The number of hydrogen-bond donors (Lipinski definition) is 0. The second kappa shape index (κ2) is 17.7. The molecule has 0 aliphatic rings. The van der Waals surface area contributed by atoms with Gasteiger partial charge in [-0.3, -0.25) is 0 Å². The van der Waals surface area contributed by atoms with Crippen LogP contribution >= 0.6 is 0 Å². The average molecular weight is 985 g/mol. The number of benzene rings is 17. The van der Waals surface area contributed by atoms with Crippen molar-refractivity contribution < 1.29 is 0 Å². The van der Waals surface area contributed by atoms with E-state index in [-0.39, 0.29) is 0 Å². The number of hydrogen-bond acceptors (Lipinski definition) is 0. The Morgan fingerprint density at radius 2 is 0.526 bits per heavy atom. The van der Waals surface area contributed by atoms with Crippen LogP contribution in [0, 0.1) is 0 Å². The fourth-order valence-electron chi connectivity index (χ4n) is 13.2. The van der Waals surface area contributed by atoms with Crippen molar-refractivity contribution in [3.05, 3.63) is 291 Å². The summed E-state index contributed by atoms with van der Waals surface area (Å²) in [5.74, 6) is 0. The van der Waals surface area contributed by atoms with Gasteiger partial charge in [0.05, 0.1) is 0 Å². The highest BCUT2D eigenvalue weighted by atomic mass is 14.2. The molecule has 0 spiro atoms. The van der Waals surface area contributed by atoms with Gasteiger partial charge in [-0.25, -0.2) is 0 Å². The standard InChI is InChI=1S/C44H26.C34H22/c1-4-29-14-16-33-18-22-37(39-24-20-31(6-1)41(29)43(33)39)28-12-10-27(11-13-28)35-8-3-9-36(26-35)38-23-19-34-17-15-30-5-2-7-32-21-25-40(38)44(34)42(30)32;1-2-12-25-22-26(21-20-23(25)10-1)33-29-15-5-7-17-31(29)34(32-18-8-6-16-30(32)33)28-19-9-13-24-11-3-4-14-27(24)28/h1-26H;1-22H. The zero-order valence-electron chi connectivity index (χ0n) is 42.7. The lowest BCUT2D eigenvalue weighted by Gasteiger charge is -2.19. The van der Waals surface area contributed by atoms with Gasteiger partial charge in [0.15, 0.2) is 0 Å². The Morgan fingerprint density at radius 1 is 0.141 bits per heavy atom. The third-order valence-electron chi connectivity index (χ3n) is 16.8. The minimum atomic E-state index is 1.23. The van der Waals surface area contributed by atoms with Crippen LogP contribution in [0.3, 0.4) is 0 Å². The van der Waals surface area contributed by atoms with E-state index in [1.165, 1.54) is 163 Å². The molecule has 0 atom stereocenters. The van der Waals surface area contributed by atoms with Crippen LogP contribution in [0.25, 0.3) is 163 Å². The van der Waals surface area contributed by atoms with Gasteiger partial charge in [-0.2, -0.15) is 0 Å². The molecule has 0 saturated carbocycles. The number of fused-ring (bicyclic) bond motifs is 4. The van der Waals surface area contributed by atoms with Crippen molar-refractivity contribution in [2.24, 2.45) is 0 Å². The van der Waals surface area contributed by atoms with Crippen LogP contribution in [0.2, 0.25) is 0 Å². The summed E-state index contributed by atoms with van der Waals surface area (Å²) in [5, 5.41) is 26.2. The molecule has 0 saturated heterocycles. The first-order valence-corrected chi connectivity index (χ1v) is 27.1. The van der Waals surface area contributed by atoms with E-state index in [2.05, 4.69) is 291 Å². The van der Waals surface area contributed by atoms with Gasteiger partial charge in [0, 0.05) is 0 Å². The SMILES string of the molecule is c1cc(-c2ccc(-c3ccc4ccc5cccc6ccc3c4c56)cc2)cc(-c2ccc3ccc4cccc5ccc2c3c45)c1.c1ccc2cc(-c3c4ccccc4c(-c4cccc5ccccc45)c4ccccc34)ccc2c1. The molecule has 0 N–H and O–H groups in total. The zero-order valence-corrected chi connectivity index (χ0v) is 42.7. The van der Waals surface area contributed by atoms with Gasteiger partial charge in [-0.05, 0) is 175 Å². The zero-order chi connectivity index (χ0) is 51.3. The molecule has 78 heavy (non-hydrogen) atoms. The highest BCUT2D eigenvalue weighted by Gasteiger charge is 2.19. The highest BCUT2D eigenvalue weighted by molar-refractivity contribution is 6.27. The molecule has 0 radical (unpaired) electrons. The second-order valence-corrected chi connectivity index (χ2v) is 21.0. The Morgan fingerprint density at radius 3 is 1.13 bits per heavy atom. The van der Waals surface area contributed by atoms with Crippen LogP contribution in [0.4, 0.5) is 0 Å². The van der Waals surface area contributed by atoms with E-state index >= 15 is 0 Å². The van der Waals surface area contributed by atoms with Crippen molar-refractivity contribution >= 4 is 108 Å². The van der Waals surface area contributed by atoms with Gasteiger partial charge in [0.25, 0.3) is 0 Å². The maximum atomic E-state index is 2.34. The summed E-state index contributed by atoms with van der Waals surface area (Å²) in [4.78, 5) is 0. The summed E-state index contributed by atoms with van der Waals surface area (Å²) < 4.78 is 0. The maximum Gasteiger partial charge on any atom is -0.00201 e. The van der Waals surface area contributed by atoms with E-state index < -0.39 is 0 Å². The van der Waals surface area contributed by atoms with Gasteiger partial charge < -0.3 is 0 Å². The molecule has 0 aromatic heterocycles. The van der Waals surface area contributed by atoms with Crippen molar-refractivity contribution in [1.82, 2.24) is 0 Å². The van der Waals surface area contributed by atoms with Crippen LogP contribution in [-0.2, 0) is 0 Å². The molecular weight excluding hydrogens is 937 g/mol. The summed E-state index contributed by atoms with van der Waals surface area (Å²) in [6.07, 6.45) is 0. The van der Waals surface area contributed by atoms with Crippen molar-refractivity contribution in [2.75, 3.05) is 0 Å². The molecule has 0 bridgehead atoms. The topological polar surface area (TPSA) is 0 Å². The van der Waals surface area contributed by atoms with Crippen molar-refractivity contribution in [2.45, 2.75) is 0 Å². The normalized spacial score (nSPS) is 11.8. The van der Waals surface area contributed by atoms with Gasteiger partial charge in [-0.1, -0.05) is 279 Å². The van der Waals surface area contributed by atoms with E-state index in [4.69, 9.17) is 0 Å². The van der Waals surface area contributed by atoms with Crippen molar-refractivity contribution in [3.8, 4) is 55.6 Å². The third kappa shape index (κ3) is 7.01. The van der Waals surface area contributed by atoms with Crippen molar-refractivity contribution in [3.63, 3.8) is 0 Å². The monoisotopic (exact) mass is 984 g/mol. The molecule has 360 valence electrons. The minimum Gasteiger partial charge on any atom is -0.0616 e. The van der Waals surface area contributed by atoms with Crippen molar-refractivity contribution in [1.29, 1.82) is 0 Å². The highest BCUT2D eigenvalue weighted by Crippen LogP contribution is 2.47. The maximum absolute atomic E-state index is 2.34. The molecule has 0 nitrogen and oxygen atoms in total. The smallest absolute Gasteiger partial charge is 0.00201 e. The lowest BCUT2D eigenvalue weighted by molar-refractivity contribution is 1.60. The Kier molecular flexibility index (Phi) is 10.0. The Labute approximate surface area is 452 Å². The van der Waals surface area contributed by atoms with E-state index in [0.717, 1.165) is 0 Å². The van der Waals surface area contributed by atoms with Gasteiger partial charge in [0.2, 0.25) is 0 Å². The van der Waals surface area contributed by atoms with Gasteiger partial charge in [0.1, 0.15) is 0 Å². The molecule has 17 aromatic rings. The first kappa shape index (κ1) is 44.2. The Bertz CT molecular complexity index is 5100. The summed E-state index contributed by atoms with van der Waals surface area (Å²) in [7, 11) is 0. The van der Waals surface area contributed by atoms with Crippen LogP contribution in [-0.4, -0.2) is 0 Å². The van der Waals surface area contributed by atoms with Crippen LogP contribution in [0.5, 0.6) is 0 Å². The lowest BCUT2D eigenvalue weighted by Crippen LogP contribution is -1.91. The van der Waals surface area contributed by atoms with E-state index in [1.54, 1.807) is 0 Å². The molecule has 0 aliphatic heterocycles. The van der Waals surface area contributed by atoms with Crippen LogP contribution in [0.15, 0.2) is 291 Å². The summed E-state index contributed by atoms with van der Waals surface area (Å²) in [6.45, 7) is 0. The molecule has 0 fully saturated rings. The number of rotatable bonds is 5. The van der Waals surface area contributed by atoms with E-state index in [1.807, 2.05) is 0 Å². The molecule has 17 rings (SSSR count). The third-order valence-corrected chi connectivity index (χ3v) is 16.8. The average Bonchev–Trinajstić information content (AvgIpc) is 3.67. The van der Waals surface area contributed by atoms with E-state index in [0.29, 0.717) is 0 Å². The van der Waals surface area contributed by atoms with Gasteiger partial charge in [-0.15, -0.1) is 0 Å². The molecule has 17 aromatic carbocycles. The first-order chi connectivity index (χ1) is 38.7. The predicted molar refractivity (Wildman–Crippen MR) is 337 cm³/mol. The lowest BCUT2D eigenvalue weighted by atomic mass is 9.84. The molecular formula is C78H48. The molecule has 0 aliphatic carbocycles. The fourth-order valence-corrected chi connectivity index (χ4v) is 13.2. The Balaban J connectivity index is 0.000000135. The second-order valence-electron chi connectivity index (χ2n) is 21.0. The molecule has 0 amide bonds. The fraction of sp³-hybridized carbons (Fsp3) is 0. The summed E-state index contributed by atoms with van der Waals surface area (Å²) in [5.41, 5.74) is 12.7. The Hall–Kier alpha value is -10.1. The predicted octanol–water partition coefficient (Wildman–Crippen LogP) is 22.1. The van der Waals surface area contributed by atoms with E-state index in [9.17, 15) is 0 Å². The largest absolute Gasteiger partial charge is 0.0616 e. The van der Waals surface area contributed by atoms with Crippen LogP contribution < -0.4 is 0 Å². The molecule has 0 heteroatoms. The van der Waals surface area contributed by atoms with Crippen LogP contribution in [0.1, 0.15) is 0 Å². The van der Waals surface area contributed by atoms with Gasteiger partial charge >= 0.3 is 0 Å².